The molecule has 2 aliphatic heterocycles. The van der Waals surface area contributed by atoms with Crippen molar-refractivity contribution < 1.29 is 28.7 Å². The SMILES string of the molecule is CC(C)(C)OC(=O)NCCC(=O)N(Cc1ccc2c(c1)CN([C@H]1CCC(=O)NC1=O)C2=O)C1CCCCC1. The summed E-state index contributed by atoms with van der Waals surface area (Å²) in [6, 6.07) is 5.06. The van der Waals surface area contributed by atoms with Crippen molar-refractivity contribution >= 4 is 29.7 Å². The number of amides is 5. The molecule has 4 rings (SSSR count). The lowest BCUT2D eigenvalue weighted by Gasteiger charge is -2.35. The van der Waals surface area contributed by atoms with Gasteiger partial charge in [-0.05, 0) is 57.2 Å². The number of piperidine rings is 1. The van der Waals surface area contributed by atoms with E-state index < -0.39 is 23.6 Å². The normalized spacial score (nSPS) is 20.1. The molecular formula is C28H38N4O6. The van der Waals surface area contributed by atoms with Crippen LogP contribution in [0, 0.1) is 0 Å². The Balaban J connectivity index is 1.43. The number of hydrogen-bond acceptors (Lipinski definition) is 6. The van der Waals surface area contributed by atoms with Crippen molar-refractivity contribution in [3.63, 3.8) is 0 Å². The molecule has 0 spiro atoms. The highest BCUT2D eigenvalue weighted by atomic mass is 16.6. The van der Waals surface area contributed by atoms with Gasteiger partial charge in [0.15, 0.2) is 0 Å². The van der Waals surface area contributed by atoms with Crippen LogP contribution in [0.4, 0.5) is 4.79 Å². The van der Waals surface area contributed by atoms with Crippen molar-refractivity contribution in [3.8, 4) is 0 Å². The second-order valence-electron chi connectivity index (χ2n) is 11.4. The van der Waals surface area contributed by atoms with E-state index in [4.69, 9.17) is 4.74 Å². The Kier molecular flexibility index (Phi) is 8.38. The van der Waals surface area contributed by atoms with Crippen LogP contribution >= 0.6 is 0 Å². The maximum atomic E-state index is 13.3. The standard InChI is InChI=1S/C28H38N4O6/c1-28(2,3)38-27(37)29-14-13-24(34)31(20-7-5-4-6-8-20)16-18-9-10-21-19(15-18)17-32(26(21)36)22-11-12-23(33)30-25(22)35/h9-10,15,20,22H,4-8,11-14,16-17H2,1-3H3,(H,29,37)(H,30,33,35)/t22-/m0/s1. The van der Waals surface area contributed by atoms with Crippen molar-refractivity contribution in [3.05, 3.63) is 34.9 Å². The fraction of sp³-hybridized carbons (Fsp3) is 0.607. The second kappa shape index (κ2) is 11.5. The van der Waals surface area contributed by atoms with E-state index in [0.717, 1.165) is 43.2 Å². The van der Waals surface area contributed by atoms with Crippen LogP contribution in [0.3, 0.4) is 0 Å². The smallest absolute Gasteiger partial charge is 0.407 e. The van der Waals surface area contributed by atoms with Crippen LogP contribution in [0.25, 0.3) is 0 Å². The summed E-state index contributed by atoms with van der Waals surface area (Å²) >= 11 is 0. The van der Waals surface area contributed by atoms with Gasteiger partial charge >= 0.3 is 6.09 Å². The molecule has 2 heterocycles. The van der Waals surface area contributed by atoms with Gasteiger partial charge in [-0.1, -0.05) is 31.4 Å². The van der Waals surface area contributed by atoms with Crippen LogP contribution in [0.1, 0.15) is 93.6 Å². The summed E-state index contributed by atoms with van der Waals surface area (Å²) in [6.07, 6.45) is 5.35. The molecule has 1 aliphatic carbocycles. The summed E-state index contributed by atoms with van der Waals surface area (Å²) in [7, 11) is 0. The number of benzene rings is 1. The average Bonchev–Trinajstić information content (AvgIpc) is 3.17. The zero-order valence-corrected chi connectivity index (χ0v) is 22.5. The molecule has 0 aromatic heterocycles. The minimum absolute atomic E-state index is 0.0327. The average molecular weight is 527 g/mol. The van der Waals surface area contributed by atoms with Gasteiger partial charge in [-0.25, -0.2) is 4.79 Å². The molecule has 1 atom stereocenters. The van der Waals surface area contributed by atoms with Crippen LogP contribution in [-0.2, 0) is 32.2 Å². The van der Waals surface area contributed by atoms with Gasteiger partial charge in [0.25, 0.3) is 5.91 Å². The van der Waals surface area contributed by atoms with Crippen LogP contribution in [0.2, 0.25) is 0 Å². The molecule has 1 aromatic rings. The van der Waals surface area contributed by atoms with E-state index in [2.05, 4.69) is 10.6 Å². The first kappa shape index (κ1) is 27.6. The Labute approximate surface area is 223 Å². The number of alkyl carbamates (subject to hydrolysis) is 1. The van der Waals surface area contributed by atoms with Crippen molar-refractivity contribution in [2.24, 2.45) is 0 Å². The highest BCUT2D eigenvalue weighted by Gasteiger charge is 2.39. The van der Waals surface area contributed by atoms with Gasteiger partial charge in [-0.15, -0.1) is 0 Å². The zero-order valence-electron chi connectivity index (χ0n) is 22.5. The first-order chi connectivity index (χ1) is 18.0. The lowest BCUT2D eigenvalue weighted by Crippen LogP contribution is -2.52. The summed E-state index contributed by atoms with van der Waals surface area (Å²) in [4.78, 5) is 65.6. The fourth-order valence-electron chi connectivity index (χ4n) is 5.47. The number of ether oxygens (including phenoxy) is 1. The summed E-state index contributed by atoms with van der Waals surface area (Å²) in [5, 5.41) is 4.99. The van der Waals surface area contributed by atoms with Gasteiger partial charge in [-0.2, -0.15) is 0 Å². The van der Waals surface area contributed by atoms with Gasteiger partial charge < -0.3 is 19.9 Å². The van der Waals surface area contributed by atoms with Gasteiger partial charge in [-0.3, -0.25) is 24.5 Å². The summed E-state index contributed by atoms with van der Waals surface area (Å²) in [5.41, 5.74) is 1.68. The van der Waals surface area contributed by atoms with Gasteiger partial charge in [0.2, 0.25) is 17.7 Å². The molecule has 1 aromatic carbocycles. The number of carbonyl (C=O) groups is 5. The minimum atomic E-state index is -0.658. The Bertz CT molecular complexity index is 1110. The van der Waals surface area contributed by atoms with Crippen molar-refractivity contribution in [2.45, 2.75) is 103 Å². The lowest BCUT2D eigenvalue weighted by atomic mass is 9.93. The number of hydrogen-bond donors (Lipinski definition) is 2. The van der Waals surface area contributed by atoms with Gasteiger partial charge in [0.1, 0.15) is 11.6 Å². The van der Waals surface area contributed by atoms with Gasteiger partial charge in [0.05, 0.1) is 0 Å². The summed E-state index contributed by atoms with van der Waals surface area (Å²) < 4.78 is 5.26. The third-order valence-electron chi connectivity index (χ3n) is 7.28. The van der Waals surface area contributed by atoms with Crippen molar-refractivity contribution in [1.82, 2.24) is 20.4 Å². The van der Waals surface area contributed by atoms with E-state index in [9.17, 15) is 24.0 Å². The summed E-state index contributed by atoms with van der Waals surface area (Å²) in [6.45, 7) is 6.27. The Hall–Kier alpha value is -3.43. The number of nitrogens with zero attached hydrogens (tertiary/aromatic N) is 2. The van der Waals surface area contributed by atoms with Gasteiger partial charge in [0, 0.05) is 44.1 Å². The van der Waals surface area contributed by atoms with Crippen molar-refractivity contribution in [1.29, 1.82) is 0 Å². The molecule has 0 unspecified atom stereocenters. The van der Waals surface area contributed by atoms with Crippen LogP contribution in [-0.4, -0.2) is 63.8 Å². The molecule has 1 saturated carbocycles. The Morgan fingerprint density at radius 2 is 1.84 bits per heavy atom. The molecule has 38 heavy (non-hydrogen) atoms. The molecule has 206 valence electrons. The number of fused-ring (bicyclic) bond motifs is 1. The summed E-state index contributed by atoms with van der Waals surface area (Å²) in [5.74, 6) is -0.993. The third kappa shape index (κ3) is 6.71. The van der Waals surface area contributed by atoms with E-state index in [1.807, 2.05) is 17.0 Å². The van der Waals surface area contributed by atoms with Crippen LogP contribution < -0.4 is 10.6 Å². The number of carbonyl (C=O) groups excluding carboxylic acids is 5. The monoisotopic (exact) mass is 526 g/mol. The Morgan fingerprint density at radius 1 is 1.11 bits per heavy atom. The molecule has 0 radical (unpaired) electrons. The quantitative estimate of drug-likeness (QED) is 0.526. The first-order valence-electron chi connectivity index (χ1n) is 13.5. The molecule has 3 aliphatic rings. The second-order valence-corrected chi connectivity index (χ2v) is 11.4. The topological polar surface area (TPSA) is 125 Å². The first-order valence-corrected chi connectivity index (χ1v) is 13.5. The zero-order chi connectivity index (χ0) is 27.4. The molecule has 0 bridgehead atoms. The molecular weight excluding hydrogens is 488 g/mol. The predicted octanol–water partition coefficient (Wildman–Crippen LogP) is 3.02. The fourth-order valence-corrected chi connectivity index (χ4v) is 5.47. The lowest BCUT2D eigenvalue weighted by molar-refractivity contribution is -0.137. The number of rotatable bonds is 7. The van der Waals surface area contributed by atoms with E-state index >= 15 is 0 Å². The molecule has 1 saturated heterocycles. The van der Waals surface area contributed by atoms with Crippen LogP contribution in [0.15, 0.2) is 18.2 Å². The van der Waals surface area contributed by atoms with E-state index in [-0.39, 0.29) is 43.1 Å². The van der Waals surface area contributed by atoms with E-state index in [1.165, 1.54) is 4.90 Å². The molecule has 5 amide bonds. The highest BCUT2D eigenvalue weighted by Crippen LogP contribution is 2.30. The van der Waals surface area contributed by atoms with E-state index in [0.29, 0.717) is 25.1 Å². The van der Waals surface area contributed by atoms with Crippen LogP contribution in [0.5, 0.6) is 0 Å². The number of imide groups is 1. The predicted molar refractivity (Wildman–Crippen MR) is 139 cm³/mol. The maximum Gasteiger partial charge on any atom is 0.407 e. The largest absolute Gasteiger partial charge is 0.444 e. The van der Waals surface area contributed by atoms with E-state index in [1.54, 1.807) is 26.8 Å². The Morgan fingerprint density at radius 3 is 2.53 bits per heavy atom. The maximum absolute atomic E-state index is 13.3. The molecule has 10 nitrogen and oxygen atoms in total. The number of nitrogens with one attached hydrogen (secondary N) is 2. The molecule has 2 N–H and O–H groups in total. The highest BCUT2D eigenvalue weighted by molar-refractivity contribution is 6.05. The third-order valence-corrected chi connectivity index (χ3v) is 7.28. The molecule has 2 fully saturated rings. The van der Waals surface area contributed by atoms with Crippen molar-refractivity contribution in [2.75, 3.05) is 6.54 Å². The molecule has 10 heteroatoms. The minimum Gasteiger partial charge on any atom is -0.444 e.